The first-order valence-electron chi connectivity index (χ1n) is 9.84. The molecule has 1 aliphatic heterocycles. The molecule has 2 aromatic heterocycles. The summed E-state index contributed by atoms with van der Waals surface area (Å²) < 4.78 is 12.1. The summed E-state index contributed by atoms with van der Waals surface area (Å²) in [6.45, 7) is 8.10. The van der Waals surface area contributed by atoms with E-state index in [1.807, 2.05) is 32.9 Å². The number of aromatic nitrogens is 2. The number of hydrogen-bond acceptors (Lipinski definition) is 6. The van der Waals surface area contributed by atoms with Crippen molar-refractivity contribution >= 4 is 34.3 Å². The Morgan fingerprint density at radius 2 is 2.24 bits per heavy atom. The van der Waals surface area contributed by atoms with Gasteiger partial charge in [-0.15, -0.1) is 0 Å². The van der Waals surface area contributed by atoms with E-state index in [0.717, 1.165) is 5.69 Å². The number of allylic oxidation sites excluding steroid dienone is 1. The van der Waals surface area contributed by atoms with E-state index >= 15 is 0 Å². The van der Waals surface area contributed by atoms with Gasteiger partial charge in [0.1, 0.15) is 5.65 Å². The van der Waals surface area contributed by atoms with E-state index in [2.05, 4.69) is 15.6 Å². The smallest absolute Gasteiger partial charge is 0.356 e. The lowest BCUT2D eigenvalue weighted by Gasteiger charge is -2.11. The number of esters is 1. The van der Waals surface area contributed by atoms with Crippen molar-refractivity contribution in [2.24, 2.45) is 5.92 Å². The molecule has 8 heteroatoms. The van der Waals surface area contributed by atoms with Gasteiger partial charge in [0, 0.05) is 25.1 Å². The summed E-state index contributed by atoms with van der Waals surface area (Å²) in [5.41, 5.74) is 3.36. The standard InChI is InChI=1S/C21H28N4O4/c1-5-13(3)10-22-15-9-16-17(24-20(26)14-7-8-29-12-14)18(21(27)28-4)25(6-2)19(16)23-11-15/h5,9,11,14,22H,6-8,10,12H2,1-4H3,(H,24,26). The highest BCUT2D eigenvalue weighted by atomic mass is 16.5. The van der Waals surface area contributed by atoms with Crippen molar-refractivity contribution in [1.29, 1.82) is 0 Å². The largest absolute Gasteiger partial charge is 0.464 e. The van der Waals surface area contributed by atoms with Crippen molar-refractivity contribution in [3.8, 4) is 0 Å². The number of amides is 1. The molecule has 2 aromatic rings. The minimum absolute atomic E-state index is 0.161. The zero-order chi connectivity index (χ0) is 21.0. The molecule has 1 fully saturated rings. The van der Waals surface area contributed by atoms with E-state index in [9.17, 15) is 9.59 Å². The lowest BCUT2D eigenvalue weighted by molar-refractivity contribution is -0.119. The molecule has 0 bridgehead atoms. The highest BCUT2D eigenvalue weighted by Crippen LogP contribution is 2.33. The highest BCUT2D eigenvalue weighted by Gasteiger charge is 2.29. The second-order valence-electron chi connectivity index (χ2n) is 7.09. The van der Waals surface area contributed by atoms with E-state index in [4.69, 9.17) is 9.47 Å². The van der Waals surface area contributed by atoms with Gasteiger partial charge < -0.3 is 24.7 Å². The van der Waals surface area contributed by atoms with Crippen LogP contribution in [-0.2, 0) is 20.8 Å². The van der Waals surface area contributed by atoms with Crippen LogP contribution in [0.15, 0.2) is 23.9 Å². The number of rotatable bonds is 7. The van der Waals surface area contributed by atoms with Gasteiger partial charge in [0.15, 0.2) is 5.69 Å². The molecule has 3 heterocycles. The first-order valence-corrected chi connectivity index (χ1v) is 9.84. The maximum Gasteiger partial charge on any atom is 0.356 e. The van der Waals surface area contributed by atoms with Gasteiger partial charge in [-0.3, -0.25) is 4.79 Å². The number of pyridine rings is 1. The molecule has 0 spiro atoms. The fourth-order valence-corrected chi connectivity index (χ4v) is 3.38. The topological polar surface area (TPSA) is 94.5 Å². The molecule has 1 atom stereocenters. The molecule has 29 heavy (non-hydrogen) atoms. The second-order valence-corrected chi connectivity index (χ2v) is 7.09. The number of methoxy groups -OCH3 is 1. The van der Waals surface area contributed by atoms with Crippen molar-refractivity contribution in [2.45, 2.75) is 33.7 Å². The van der Waals surface area contributed by atoms with Crippen molar-refractivity contribution in [3.05, 3.63) is 29.6 Å². The Morgan fingerprint density at radius 1 is 1.45 bits per heavy atom. The monoisotopic (exact) mass is 400 g/mol. The van der Waals surface area contributed by atoms with Gasteiger partial charge in [-0.25, -0.2) is 9.78 Å². The number of nitrogens with zero attached hydrogens (tertiary/aromatic N) is 2. The molecule has 8 nitrogen and oxygen atoms in total. The lowest BCUT2D eigenvalue weighted by atomic mass is 10.1. The normalized spacial score (nSPS) is 16.8. The van der Waals surface area contributed by atoms with Gasteiger partial charge >= 0.3 is 5.97 Å². The Labute approximate surface area is 170 Å². The summed E-state index contributed by atoms with van der Waals surface area (Å²) in [5.74, 6) is -0.903. The van der Waals surface area contributed by atoms with Crippen LogP contribution in [0.3, 0.4) is 0 Å². The minimum atomic E-state index is -0.512. The molecule has 2 N–H and O–H groups in total. The van der Waals surface area contributed by atoms with E-state index in [1.165, 1.54) is 12.7 Å². The summed E-state index contributed by atoms with van der Waals surface area (Å²) in [5, 5.41) is 6.97. The van der Waals surface area contributed by atoms with Gasteiger partial charge in [0.2, 0.25) is 5.91 Å². The van der Waals surface area contributed by atoms with Crippen LogP contribution in [0.25, 0.3) is 11.0 Å². The third kappa shape index (κ3) is 4.27. The molecule has 1 aliphatic rings. The van der Waals surface area contributed by atoms with Crippen molar-refractivity contribution in [2.75, 3.05) is 37.5 Å². The summed E-state index contributed by atoms with van der Waals surface area (Å²) >= 11 is 0. The van der Waals surface area contributed by atoms with Crippen LogP contribution >= 0.6 is 0 Å². The Bertz CT molecular complexity index is 942. The van der Waals surface area contributed by atoms with Crippen LogP contribution in [0.1, 0.15) is 37.7 Å². The SMILES string of the molecule is CC=C(C)CNc1cnc2c(c1)c(NC(=O)C1CCOC1)c(C(=O)OC)n2CC. The quantitative estimate of drug-likeness (QED) is 0.548. The van der Waals surface area contributed by atoms with Gasteiger partial charge in [-0.05, 0) is 33.3 Å². The number of ether oxygens (including phenoxy) is 2. The highest BCUT2D eigenvalue weighted by molar-refractivity contribution is 6.11. The fraction of sp³-hybridized carbons (Fsp3) is 0.476. The predicted octanol–water partition coefficient (Wildman–Crippen LogP) is 3.20. The second kappa shape index (κ2) is 9.09. The van der Waals surface area contributed by atoms with Crippen LogP contribution in [0, 0.1) is 5.92 Å². The molecule has 0 aliphatic carbocycles. The zero-order valence-corrected chi connectivity index (χ0v) is 17.4. The lowest BCUT2D eigenvalue weighted by Crippen LogP contribution is -2.24. The number of carbonyl (C=O) groups is 2. The summed E-state index contributed by atoms with van der Waals surface area (Å²) in [7, 11) is 1.33. The Kier molecular flexibility index (Phi) is 6.53. The van der Waals surface area contributed by atoms with Crippen LogP contribution in [0.5, 0.6) is 0 Å². The molecule has 3 rings (SSSR count). The van der Waals surface area contributed by atoms with Crippen molar-refractivity contribution in [3.63, 3.8) is 0 Å². The maximum absolute atomic E-state index is 12.8. The van der Waals surface area contributed by atoms with E-state index in [1.54, 1.807) is 10.8 Å². The van der Waals surface area contributed by atoms with Crippen LogP contribution in [0.2, 0.25) is 0 Å². The first-order chi connectivity index (χ1) is 14.0. The number of fused-ring (bicyclic) bond motifs is 1. The van der Waals surface area contributed by atoms with Crippen LogP contribution < -0.4 is 10.6 Å². The number of carbonyl (C=O) groups excluding carboxylic acids is 2. The average Bonchev–Trinajstić information content (AvgIpc) is 3.38. The van der Waals surface area contributed by atoms with Crippen LogP contribution in [0.4, 0.5) is 11.4 Å². The predicted molar refractivity (Wildman–Crippen MR) is 112 cm³/mol. The van der Waals surface area contributed by atoms with Crippen molar-refractivity contribution in [1.82, 2.24) is 9.55 Å². The Morgan fingerprint density at radius 3 is 2.86 bits per heavy atom. The summed E-state index contributed by atoms with van der Waals surface area (Å²) in [4.78, 5) is 29.9. The van der Waals surface area contributed by atoms with Gasteiger partial charge in [-0.1, -0.05) is 11.6 Å². The zero-order valence-electron chi connectivity index (χ0n) is 17.4. The van der Waals surface area contributed by atoms with Gasteiger partial charge in [0.05, 0.1) is 37.2 Å². The molecule has 1 amide bonds. The number of anilines is 2. The average molecular weight is 400 g/mol. The van der Waals surface area contributed by atoms with Gasteiger partial charge in [0.25, 0.3) is 0 Å². The molecule has 156 valence electrons. The molecular formula is C21H28N4O4. The van der Waals surface area contributed by atoms with E-state index in [0.29, 0.717) is 55.1 Å². The molecular weight excluding hydrogens is 372 g/mol. The first kappa shape index (κ1) is 20.9. The number of hydrogen-bond donors (Lipinski definition) is 2. The Balaban J connectivity index is 2.07. The number of aryl methyl sites for hydroxylation is 1. The molecule has 1 unspecified atom stereocenters. The van der Waals surface area contributed by atoms with Crippen LogP contribution in [-0.4, -0.2) is 48.3 Å². The molecule has 1 saturated heterocycles. The number of nitrogens with one attached hydrogen (secondary N) is 2. The van der Waals surface area contributed by atoms with Gasteiger partial charge in [-0.2, -0.15) is 0 Å². The Hall–Kier alpha value is -2.87. The van der Waals surface area contributed by atoms with Crippen molar-refractivity contribution < 1.29 is 19.1 Å². The maximum atomic E-state index is 12.8. The molecule has 0 radical (unpaired) electrons. The molecule has 0 saturated carbocycles. The third-order valence-corrected chi connectivity index (χ3v) is 5.21. The third-order valence-electron chi connectivity index (χ3n) is 5.21. The van der Waals surface area contributed by atoms with E-state index in [-0.39, 0.29) is 11.8 Å². The molecule has 0 aromatic carbocycles. The summed E-state index contributed by atoms with van der Waals surface area (Å²) in [6, 6.07) is 1.91. The minimum Gasteiger partial charge on any atom is -0.464 e. The fourth-order valence-electron chi connectivity index (χ4n) is 3.38. The van der Waals surface area contributed by atoms with E-state index < -0.39 is 5.97 Å². The summed E-state index contributed by atoms with van der Waals surface area (Å²) in [6.07, 6.45) is 4.44.